The number of nitrogens with zero attached hydrogens (tertiary/aromatic N) is 2. The molecule has 0 spiro atoms. The lowest BCUT2D eigenvalue weighted by atomic mass is 9.81. The molecule has 1 heterocycles. The molecular formula is C15H20N2. The second-order valence-corrected chi connectivity index (χ2v) is 5.31. The number of pyridine rings is 1. The fourth-order valence-electron chi connectivity index (χ4n) is 2.61. The Labute approximate surface area is 104 Å². The summed E-state index contributed by atoms with van der Waals surface area (Å²) in [4.78, 5) is 4.33. The van der Waals surface area contributed by atoms with Gasteiger partial charge in [0.2, 0.25) is 0 Å². The summed E-state index contributed by atoms with van der Waals surface area (Å²) in [6, 6.07) is 5.96. The van der Waals surface area contributed by atoms with Crippen molar-refractivity contribution in [2.75, 3.05) is 0 Å². The number of rotatable bonds is 3. The summed E-state index contributed by atoms with van der Waals surface area (Å²) in [5, 5.41) is 8.70. The maximum atomic E-state index is 8.70. The van der Waals surface area contributed by atoms with Gasteiger partial charge in [0.1, 0.15) is 6.07 Å². The number of hydrogen-bond donors (Lipinski definition) is 0. The molecule has 1 aromatic rings. The van der Waals surface area contributed by atoms with E-state index >= 15 is 0 Å². The molecule has 0 bridgehead atoms. The minimum absolute atomic E-state index is 0.653. The highest BCUT2D eigenvalue weighted by molar-refractivity contribution is 5.26. The normalized spacial score (nSPS) is 24.2. The van der Waals surface area contributed by atoms with E-state index in [0.717, 1.165) is 24.0 Å². The molecule has 2 rings (SSSR count). The Morgan fingerprint density at radius 3 is 2.65 bits per heavy atom. The van der Waals surface area contributed by atoms with Gasteiger partial charge in [-0.25, -0.2) is 0 Å². The van der Waals surface area contributed by atoms with Crippen LogP contribution in [-0.4, -0.2) is 4.98 Å². The van der Waals surface area contributed by atoms with Crippen LogP contribution in [0.4, 0.5) is 0 Å². The van der Waals surface area contributed by atoms with E-state index in [0.29, 0.717) is 5.56 Å². The lowest BCUT2D eigenvalue weighted by Crippen LogP contribution is -2.13. The number of aryl methyl sites for hydroxylation is 1. The molecule has 0 aromatic carbocycles. The average Bonchev–Trinajstić information content (AvgIpc) is 2.39. The third kappa shape index (κ3) is 3.56. The third-order valence-corrected chi connectivity index (χ3v) is 3.90. The van der Waals surface area contributed by atoms with Crippen molar-refractivity contribution in [3.05, 3.63) is 29.6 Å². The summed E-state index contributed by atoms with van der Waals surface area (Å²) in [6.07, 6.45) is 9.56. The summed E-state index contributed by atoms with van der Waals surface area (Å²) in [7, 11) is 0. The van der Waals surface area contributed by atoms with Crippen molar-refractivity contribution >= 4 is 0 Å². The predicted molar refractivity (Wildman–Crippen MR) is 68.4 cm³/mol. The maximum Gasteiger partial charge on any atom is 0.101 e. The first kappa shape index (κ1) is 12.1. The lowest BCUT2D eigenvalue weighted by molar-refractivity contribution is 0.277. The van der Waals surface area contributed by atoms with Gasteiger partial charge in [-0.2, -0.15) is 5.26 Å². The van der Waals surface area contributed by atoms with Crippen molar-refractivity contribution in [1.82, 2.24) is 4.98 Å². The molecule has 90 valence electrons. The van der Waals surface area contributed by atoms with E-state index in [1.165, 1.54) is 32.1 Å². The van der Waals surface area contributed by atoms with E-state index in [1.807, 2.05) is 12.1 Å². The van der Waals surface area contributed by atoms with Gasteiger partial charge >= 0.3 is 0 Å². The topological polar surface area (TPSA) is 36.7 Å². The van der Waals surface area contributed by atoms with Crippen LogP contribution in [0.2, 0.25) is 0 Å². The molecule has 1 aliphatic rings. The van der Waals surface area contributed by atoms with Gasteiger partial charge in [-0.1, -0.05) is 32.6 Å². The van der Waals surface area contributed by atoms with Crippen molar-refractivity contribution < 1.29 is 0 Å². The molecule has 1 fully saturated rings. The van der Waals surface area contributed by atoms with Crippen LogP contribution >= 0.6 is 0 Å². The van der Waals surface area contributed by atoms with E-state index in [-0.39, 0.29) is 0 Å². The predicted octanol–water partition coefficient (Wildman–Crippen LogP) is 3.71. The van der Waals surface area contributed by atoms with Crippen molar-refractivity contribution in [2.45, 2.75) is 45.4 Å². The molecule has 0 aliphatic heterocycles. The van der Waals surface area contributed by atoms with E-state index in [2.05, 4.69) is 18.0 Å². The second-order valence-electron chi connectivity index (χ2n) is 5.31. The van der Waals surface area contributed by atoms with Crippen LogP contribution in [0.5, 0.6) is 0 Å². The molecule has 1 saturated carbocycles. The molecule has 2 nitrogen and oxygen atoms in total. The summed E-state index contributed by atoms with van der Waals surface area (Å²) in [6.45, 7) is 2.36. The monoisotopic (exact) mass is 228 g/mol. The molecule has 2 heteroatoms. The van der Waals surface area contributed by atoms with E-state index in [9.17, 15) is 0 Å². The first-order valence-electron chi connectivity index (χ1n) is 6.63. The maximum absolute atomic E-state index is 8.70. The molecule has 0 radical (unpaired) electrons. The van der Waals surface area contributed by atoms with Crippen molar-refractivity contribution in [1.29, 1.82) is 5.26 Å². The summed E-state index contributed by atoms with van der Waals surface area (Å²) in [5.41, 5.74) is 1.78. The molecule has 1 aliphatic carbocycles. The summed E-state index contributed by atoms with van der Waals surface area (Å²) < 4.78 is 0. The van der Waals surface area contributed by atoms with Crippen molar-refractivity contribution in [2.24, 2.45) is 11.8 Å². The van der Waals surface area contributed by atoms with Crippen LogP contribution in [0.3, 0.4) is 0 Å². The minimum Gasteiger partial charge on any atom is -0.260 e. The fourth-order valence-corrected chi connectivity index (χ4v) is 2.61. The lowest BCUT2D eigenvalue weighted by Gasteiger charge is -2.25. The van der Waals surface area contributed by atoms with E-state index < -0.39 is 0 Å². The number of hydrogen-bond acceptors (Lipinski definition) is 2. The van der Waals surface area contributed by atoms with Gasteiger partial charge in [0.15, 0.2) is 0 Å². The zero-order valence-corrected chi connectivity index (χ0v) is 10.5. The van der Waals surface area contributed by atoms with Gasteiger partial charge in [0.05, 0.1) is 5.56 Å². The fraction of sp³-hybridized carbons (Fsp3) is 0.600. The molecule has 0 saturated heterocycles. The smallest absolute Gasteiger partial charge is 0.101 e. The van der Waals surface area contributed by atoms with Gasteiger partial charge in [-0.3, -0.25) is 4.98 Å². The van der Waals surface area contributed by atoms with Gasteiger partial charge < -0.3 is 0 Å². The highest BCUT2D eigenvalue weighted by atomic mass is 14.7. The molecule has 0 N–H and O–H groups in total. The molecule has 0 atom stereocenters. The summed E-state index contributed by atoms with van der Waals surface area (Å²) >= 11 is 0. The Kier molecular flexibility index (Phi) is 4.14. The van der Waals surface area contributed by atoms with Crippen LogP contribution in [0.15, 0.2) is 18.3 Å². The molecule has 17 heavy (non-hydrogen) atoms. The highest BCUT2D eigenvalue weighted by Gasteiger charge is 2.17. The standard InChI is InChI=1S/C15H20N2/c1-12-2-4-13(5-3-12)6-8-15-9-7-14(10-16)11-17-15/h7,9,11-13H,2-6,8H2,1H3. The Bertz CT molecular complexity index is 380. The Morgan fingerprint density at radius 2 is 2.06 bits per heavy atom. The first-order chi connectivity index (χ1) is 8.28. The first-order valence-corrected chi connectivity index (χ1v) is 6.63. The average molecular weight is 228 g/mol. The molecule has 0 unspecified atom stereocenters. The van der Waals surface area contributed by atoms with Crippen LogP contribution in [0, 0.1) is 23.2 Å². The number of aromatic nitrogens is 1. The van der Waals surface area contributed by atoms with Crippen LogP contribution in [0.25, 0.3) is 0 Å². The van der Waals surface area contributed by atoms with E-state index in [1.54, 1.807) is 6.20 Å². The van der Waals surface area contributed by atoms with E-state index in [4.69, 9.17) is 5.26 Å². The third-order valence-electron chi connectivity index (χ3n) is 3.90. The Morgan fingerprint density at radius 1 is 1.29 bits per heavy atom. The van der Waals surface area contributed by atoms with Crippen LogP contribution in [-0.2, 0) is 6.42 Å². The highest BCUT2D eigenvalue weighted by Crippen LogP contribution is 2.30. The molecule has 0 amide bonds. The Balaban J connectivity index is 1.79. The van der Waals surface area contributed by atoms with Gasteiger partial charge in [-0.15, -0.1) is 0 Å². The van der Waals surface area contributed by atoms with Crippen LogP contribution in [0.1, 0.15) is 50.3 Å². The second kappa shape index (κ2) is 5.82. The van der Waals surface area contributed by atoms with Crippen molar-refractivity contribution in [3.8, 4) is 6.07 Å². The van der Waals surface area contributed by atoms with Crippen molar-refractivity contribution in [3.63, 3.8) is 0 Å². The molecular weight excluding hydrogens is 208 g/mol. The zero-order chi connectivity index (χ0) is 12.1. The Hall–Kier alpha value is -1.36. The summed E-state index contributed by atoms with van der Waals surface area (Å²) in [5.74, 6) is 1.82. The van der Waals surface area contributed by atoms with Gasteiger partial charge in [0, 0.05) is 11.9 Å². The van der Waals surface area contributed by atoms with Gasteiger partial charge in [-0.05, 0) is 36.8 Å². The van der Waals surface area contributed by atoms with Gasteiger partial charge in [0.25, 0.3) is 0 Å². The minimum atomic E-state index is 0.653. The quantitative estimate of drug-likeness (QED) is 0.790. The zero-order valence-electron chi connectivity index (χ0n) is 10.5. The largest absolute Gasteiger partial charge is 0.260 e. The molecule has 1 aromatic heterocycles. The number of nitriles is 1. The van der Waals surface area contributed by atoms with Crippen LogP contribution < -0.4 is 0 Å². The SMILES string of the molecule is CC1CCC(CCc2ccc(C#N)cn2)CC1.